The molecule has 0 aromatic heterocycles. The number of carbonyl (C=O) groups excluding carboxylic acids is 1. The van der Waals surface area contributed by atoms with E-state index in [1.165, 1.54) is 11.6 Å². The van der Waals surface area contributed by atoms with Crippen LogP contribution in [0.3, 0.4) is 0 Å². The van der Waals surface area contributed by atoms with Crippen molar-refractivity contribution < 1.29 is 18.5 Å². The quantitative estimate of drug-likeness (QED) is 0.447. The Morgan fingerprint density at radius 2 is 1.65 bits per heavy atom. The van der Waals surface area contributed by atoms with Crippen LogP contribution in [0.4, 0.5) is 0 Å². The molecule has 1 unspecified atom stereocenters. The molecule has 0 saturated carbocycles. The fraction of sp³-hybridized carbons (Fsp3) is 0.222. The first-order chi connectivity index (χ1) is 16.4. The maximum atomic E-state index is 11.9. The molecule has 6 nitrogen and oxygen atoms in total. The molecule has 4 rings (SSSR count). The van der Waals surface area contributed by atoms with Crippen LogP contribution < -0.4 is 19.9 Å². The normalized spacial score (nSPS) is 15.1. The van der Waals surface area contributed by atoms with Crippen molar-refractivity contribution in [3.8, 4) is 22.6 Å². The van der Waals surface area contributed by atoms with Crippen molar-refractivity contribution in [1.82, 2.24) is 4.72 Å². The molecular weight excluding hydrogens is 448 g/mol. The Hall–Kier alpha value is -3.42. The molecule has 3 aromatic rings. The molecule has 1 aliphatic heterocycles. The average molecular weight is 477 g/mol. The topological polar surface area (TPSA) is 90.7 Å². The number of amides is 1. The molecule has 0 spiro atoms. The van der Waals surface area contributed by atoms with Crippen molar-refractivity contribution in [2.45, 2.75) is 26.9 Å². The van der Waals surface area contributed by atoms with Crippen molar-refractivity contribution in [2.75, 3.05) is 13.2 Å². The molecule has 3 aromatic carbocycles. The number of hydrogen-bond donors (Lipinski definition) is 2. The van der Waals surface area contributed by atoms with Crippen molar-refractivity contribution in [3.05, 3.63) is 89.0 Å². The van der Waals surface area contributed by atoms with Gasteiger partial charge >= 0.3 is 0 Å². The highest BCUT2D eigenvalue weighted by Gasteiger charge is 2.20. The fourth-order valence-electron chi connectivity index (χ4n) is 3.97. The van der Waals surface area contributed by atoms with Crippen molar-refractivity contribution in [2.24, 2.45) is 5.73 Å². The predicted molar refractivity (Wildman–Crippen MR) is 136 cm³/mol. The Labute approximate surface area is 202 Å². The Morgan fingerprint density at radius 3 is 2.29 bits per heavy atom. The number of aryl methyl sites for hydroxylation is 2. The van der Waals surface area contributed by atoms with Gasteiger partial charge in [-0.15, -0.1) is 0 Å². The first kappa shape index (κ1) is 23.7. The van der Waals surface area contributed by atoms with Gasteiger partial charge in [0.15, 0.2) is 11.0 Å². The minimum absolute atomic E-state index is 0.340. The van der Waals surface area contributed by atoms with Gasteiger partial charge in [0, 0.05) is 6.08 Å². The van der Waals surface area contributed by atoms with Crippen LogP contribution in [0.25, 0.3) is 16.0 Å². The van der Waals surface area contributed by atoms with Crippen LogP contribution in [0, 0.1) is 13.8 Å². The molecule has 0 bridgehead atoms. The third-order valence-corrected chi connectivity index (χ3v) is 6.68. The Bertz CT molecular complexity index is 1230. The van der Waals surface area contributed by atoms with E-state index in [1.54, 1.807) is 12.1 Å². The lowest BCUT2D eigenvalue weighted by atomic mass is 9.94. The molecule has 0 aliphatic carbocycles. The van der Waals surface area contributed by atoms with E-state index in [4.69, 9.17) is 15.2 Å². The molecule has 7 heteroatoms. The minimum Gasteiger partial charge on any atom is -0.494 e. The number of benzene rings is 3. The van der Waals surface area contributed by atoms with Crippen LogP contribution in [0.15, 0.2) is 66.7 Å². The lowest BCUT2D eigenvalue weighted by Crippen LogP contribution is -2.16. The van der Waals surface area contributed by atoms with Gasteiger partial charge in [0.25, 0.3) is 5.91 Å². The van der Waals surface area contributed by atoms with Crippen LogP contribution in [0.2, 0.25) is 0 Å². The fourth-order valence-corrected chi connectivity index (χ4v) is 4.89. The van der Waals surface area contributed by atoms with Gasteiger partial charge in [-0.3, -0.25) is 9.52 Å². The molecule has 3 N–H and O–H groups in total. The molecule has 34 heavy (non-hydrogen) atoms. The summed E-state index contributed by atoms with van der Waals surface area (Å²) >= 11 is 0. The number of hydrogen-bond acceptors (Lipinski definition) is 5. The van der Waals surface area contributed by atoms with E-state index in [-0.39, 0.29) is 5.91 Å². The zero-order valence-corrected chi connectivity index (χ0v) is 20.1. The standard InChI is InChI=1S/C27H28N2O4S/c1-18-13-24(32-12-4-11-28)14-19(2)27(18)22-6-3-5-20(15-22)17-33-23-9-7-21(8-10-23)25-16-26(30)29-34(25)31/h3,5-10,13-16H,4,11-12,17,28H2,1-2H3,(H,29,30). The minimum atomic E-state index is -1.50. The Kier molecular flexibility index (Phi) is 7.45. The van der Waals surface area contributed by atoms with E-state index in [0.717, 1.165) is 40.0 Å². The Balaban J connectivity index is 1.45. The summed E-state index contributed by atoms with van der Waals surface area (Å²) in [5.41, 5.74) is 12.0. The number of nitrogens with one attached hydrogen (secondary N) is 1. The third-order valence-electron chi connectivity index (χ3n) is 5.54. The summed E-state index contributed by atoms with van der Waals surface area (Å²) < 4.78 is 26.1. The summed E-state index contributed by atoms with van der Waals surface area (Å²) in [7, 11) is -1.50. The second-order valence-electron chi connectivity index (χ2n) is 8.18. The van der Waals surface area contributed by atoms with Crippen molar-refractivity contribution in [1.29, 1.82) is 0 Å². The van der Waals surface area contributed by atoms with Crippen LogP contribution in [0.5, 0.6) is 11.5 Å². The van der Waals surface area contributed by atoms with Crippen LogP contribution in [-0.4, -0.2) is 23.3 Å². The monoisotopic (exact) mass is 476 g/mol. The van der Waals surface area contributed by atoms with Crippen molar-refractivity contribution in [3.63, 3.8) is 0 Å². The molecule has 1 atom stereocenters. The first-order valence-corrected chi connectivity index (χ1v) is 12.3. The highest BCUT2D eigenvalue weighted by molar-refractivity contribution is 7.93. The maximum absolute atomic E-state index is 11.9. The third kappa shape index (κ3) is 5.55. The summed E-state index contributed by atoms with van der Waals surface area (Å²) in [6, 6.07) is 19.7. The van der Waals surface area contributed by atoms with Gasteiger partial charge in [-0.2, -0.15) is 0 Å². The Morgan fingerprint density at radius 1 is 0.912 bits per heavy atom. The largest absolute Gasteiger partial charge is 0.494 e. The van der Waals surface area contributed by atoms with E-state index < -0.39 is 11.0 Å². The highest BCUT2D eigenvalue weighted by Crippen LogP contribution is 2.32. The molecule has 1 heterocycles. The summed E-state index contributed by atoms with van der Waals surface area (Å²) in [6.45, 7) is 5.84. The van der Waals surface area contributed by atoms with Gasteiger partial charge in [-0.05, 0) is 90.5 Å². The summed E-state index contributed by atoms with van der Waals surface area (Å²) in [5.74, 6) is 1.23. The number of rotatable bonds is 9. The van der Waals surface area contributed by atoms with Crippen molar-refractivity contribution >= 4 is 21.8 Å². The summed E-state index contributed by atoms with van der Waals surface area (Å²) in [5, 5.41) is 0. The van der Waals surface area contributed by atoms with Crippen LogP contribution in [-0.2, 0) is 22.4 Å². The van der Waals surface area contributed by atoms with Gasteiger partial charge in [0.1, 0.15) is 18.1 Å². The number of ether oxygens (including phenoxy) is 2. The molecule has 1 aliphatic rings. The van der Waals surface area contributed by atoms with Gasteiger partial charge in [0.2, 0.25) is 0 Å². The van der Waals surface area contributed by atoms with E-state index in [9.17, 15) is 9.00 Å². The smallest absolute Gasteiger partial charge is 0.257 e. The van der Waals surface area contributed by atoms with E-state index in [0.29, 0.717) is 30.4 Å². The van der Waals surface area contributed by atoms with E-state index in [2.05, 4.69) is 42.8 Å². The zero-order valence-electron chi connectivity index (χ0n) is 19.3. The SMILES string of the molecule is Cc1cc(OCCCN)cc(C)c1-c1cccc(COc2ccc(C3=CC(=O)NS3=O)cc2)c1. The van der Waals surface area contributed by atoms with Crippen LogP contribution in [0.1, 0.15) is 28.7 Å². The van der Waals surface area contributed by atoms with Crippen LogP contribution >= 0.6 is 0 Å². The molecular formula is C27H28N2O4S. The molecule has 0 radical (unpaired) electrons. The summed E-state index contributed by atoms with van der Waals surface area (Å²) in [4.78, 5) is 11.9. The molecule has 0 saturated heterocycles. The molecule has 1 amide bonds. The second kappa shape index (κ2) is 10.7. The molecule has 176 valence electrons. The predicted octanol–water partition coefficient (Wildman–Crippen LogP) is 4.41. The lowest BCUT2D eigenvalue weighted by molar-refractivity contribution is -0.114. The summed E-state index contributed by atoms with van der Waals surface area (Å²) in [6.07, 6.45) is 2.19. The van der Waals surface area contributed by atoms with Gasteiger partial charge in [0.05, 0.1) is 11.5 Å². The second-order valence-corrected chi connectivity index (χ2v) is 9.36. The first-order valence-electron chi connectivity index (χ1n) is 11.2. The van der Waals surface area contributed by atoms with Gasteiger partial charge in [-0.1, -0.05) is 30.3 Å². The lowest BCUT2D eigenvalue weighted by Gasteiger charge is -2.15. The molecule has 0 fully saturated rings. The average Bonchev–Trinajstić information content (AvgIpc) is 3.16. The maximum Gasteiger partial charge on any atom is 0.257 e. The van der Waals surface area contributed by atoms with E-state index in [1.807, 2.05) is 24.3 Å². The highest BCUT2D eigenvalue weighted by atomic mass is 32.2. The van der Waals surface area contributed by atoms with Gasteiger partial charge in [-0.25, -0.2) is 4.21 Å². The number of carbonyl (C=O) groups is 1. The zero-order chi connectivity index (χ0) is 24.1. The number of nitrogens with two attached hydrogens (primary N) is 1. The van der Waals surface area contributed by atoms with Gasteiger partial charge < -0.3 is 15.2 Å². The van der Waals surface area contributed by atoms with E-state index >= 15 is 0 Å².